The number of hydrogen-bond acceptors (Lipinski definition) is 3. The van der Waals surface area contributed by atoms with Gasteiger partial charge in [0.25, 0.3) is 0 Å². The van der Waals surface area contributed by atoms with Gasteiger partial charge in [-0.05, 0) is 31.0 Å². The number of hydrazine groups is 1. The van der Waals surface area contributed by atoms with E-state index >= 15 is 0 Å². The summed E-state index contributed by atoms with van der Waals surface area (Å²) in [7, 11) is 0. The average molecular weight is 218 g/mol. The zero-order valence-electron chi connectivity index (χ0n) is 9.79. The van der Waals surface area contributed by atoms with E-state index in [-0.39, 0.29) is 6.04 Å². The van der Waals surface area contributed by atoms with Gasteiger partial charge in [0.2, 0.25) is 0 Å². The van der Waals surface area contributed by atoms with Crippen LogP contribution in [0.2, 0.25) is 0 Å². The standard InChI is InChI=1S/C13H18N2O/c1-9(2)7-12(15-14)10-3-4-13-11(8-10)5-6-16-13/h3-4,7-8,12,15H,5-6,14H2,1-2H3. The van der Waals surface area contributed by atoms with Crippen LogP contribution in [0.3, 0.4) is 0 Å². The van der Waals surface area contributed by atoms with Crippen molar-refractivity contribution in [3.05, 3.63) is 41.0 Å². The number of nitrogens with two attached hydrogens (primary N) is 1. The molecular formula is C13H18N2O. The Morgan fingerprint density at radius 2 is 2.31 bits per heavy atom. The fourth-order valence-corrected chi connectivity index (χ4v) is 1.97. The van der Waals surface area contributed by atoms with Crippen molar-refractivity contribution < 1.29 is 4.74 Å². The molecule has 1 aliphatic heterocycles. The minimum absolute atomic E-state index is 0.0795. The van der Waals surface area contributed by atoms with Crippen molar-refractivity contribution in [2.24, 2.45) is 5.84 Å². The second kappa shape index (κ2) is 4.68. The molecule has 16 heavy (non-hydrogen) atoms. The van der Waals surface area contributed by atoms with Crippen molar-refractivity contribution in [3.63, 3.8) is 0 Å². The van der Waals surface area contributed by atoms with Gasteiger partial charge < -0.3 is 4.74 Å². The predicted molar refractivity (Wildman–Crippen MR) is 65.1 cm³/mol. The fourth-order valence-electron chi connectivity index (χ4n) is 1.97. The zero-order valence-corrected chi connectivity index (χ0v) is 9.79. The van der Waals surface area contributed by atoms with Crippen LogP contribution in [0, 0.1) is 0 Å². The minimum atomic E-state index is 0.0795. The van der Waals surface area contributed by atoms with Crippen LogP contribution < -0.4 is 16.0 Å². The molecule has 1 heterocycles. The van der Waals surface area contributed by atoms with Crippen LogP contribution in [0.15, 0.2) is 29.8 Å². The van der Waals surface area contributed by atoms with Crippen LogP contribution in [0.5, 0.6) is 5.75 Å². The Kier molecular flexibility index (Phi) is 3.27. The van der Waals surface area contributed by atoms with Gasteiger partial charge in [0.1, 0.15) is 5.75 Å². The van der Waals surface area contributed by atoms with E-state index in [0.717, 1.165) is 18.8 Å². The molecule has 2 rings (SSSR count). The van der Waals surface area contributed by atoms with E-state index in [2.05, 4.69) is 37.5 Å². The van der Waals surface area contributed by atoms with Gasteiger partial charge in [-0.15, -0.1) is 0 Å². The Morgan fingerprint density at radius 1 is 1.50 bits per heavy atom. The Bertz CT molecular complexity index is 408. The summed E-state index contributed by atoms with van der Waals surface area (Å²) < 4.78 is 5.48. The molecule has 1 aromatic rings. The quantitative estimate of drug-likeness (QED) is 0.464. The van der Waals surface area contributed by atoms with Crippen LogP contribution in [-0.2, 0) is 6.42 Å². The third-order valence-electron chi connectivity index (χ3n) is 2.75. The molecule has 86 valence electrons. The van der Waals surface area contributed by atoms with Crippen molar-refractivity contribution in [1.29, 1.82) is 0 Å². The molecule has 0 aliphatic carbocycles. The molecule has 0 amide bonds. The molecule has 1 unspecified atom stereocenters. The lowest BCUT2D eigenvalue weighted by Gasteiger charge is -2.13. The summed E-state index contributed by atoms with van der Waals surface area (Å²) in [4.78, 5) is 0. The maximum absolute atomic E-state index is 5.57. The largest absolute Gasteiger partial charge is 0.493 e. The second-order valence-corrected chi connectivity index (χ2v) is 4.35. The maximum atomic E-state index is 5.57. The van der Waals surface area contributed by atoms with E-state index in [1.807, 2.05) is 6.07 Å². The second-order valence-electron chi connectivity index (χ2n) is 4.35. The van der Waals surface area contributed by atoms with E-state index in [4.69, 9.17) is 10.6 Å². The zero-order chi connectivity index (χ0) is 11.5. The summed E-state index contributed by atoms with van der Waals surface area (Å²) >= 11 is 0. The van der Waals surface area contributed by atoms with Crippen LogP contribution in [0.1, 0.15) is 31.0 Å². The van der Waals surface area contributed by atoms with Gasteiger partial charge in [-0.1, -0.05) is 23.8 Å². The maximum Gasteiger partial charge on any atom is 0.122 e. The number of allylic oxidation sites excluding steroid dienone is 1. The molecule has 0 saturated heterocycles. The Morgan fingerprint density at radius 3 is 3.00 bits per heavy atom. The molecule has 0 fully saturated rings. The lowest BCUT2D eigenvalue weighted by atomic mass is 10.0. The summed E-state index contributed by atoms with van der Waals surface area (Å²) in [6, 6.07) is 6.34. The molecule has 0 saturated carbocycles. The SMILES string of the molecule is CC(C)=CC(NN)c1ccc2c(c1)CCO2. The molecular weight excluding hydrogens is 200 g/mol. The van der Waals surface area contributed by atoms with E-state index < -0.39 is 0 Å². The highest BCUT2D eigenvalue weighted by molar-refractivity contribution is 5.41. The summed E-state index contributed by atoms with van der Waals surface area (Å²) in [5.41, 5.74) is 6.54. The Balaban J connectivity index is 2.29. The number of nitrogens with one attached hydrogen (secondary N) is 1. The molecule has 0 spiro atoms. The first-order valence-corrected chi connectivity index (χ1v) is 5.57. The molecule has 0 bridgehead atoms. The van der Waals surface area contributed by atoms with E-state index in [1.54, 1.807) is 0 Å². The highest BCUT2D eigenvalue weighted by Gasteiger charge is 2.14. The third kappa shape index (κ3) is 2.26. The van der Waals surface area contributed by atoms with Crippen LogP contribution >= 0.6 is 0 Å². The van der Waals surface area contributed by atoms with Gasteiger partial charge in [0.05, 0.1) is 12.6 Å². The first-order valence-electron chi connectivity index (χ1n) is 5.57. The summed E-state index contributed by atoms with van der Waals surface area (Å²) in [5.74, 6) is 6.58. The molecule has 0 radical (unpaired) electrons. The highest BCUT2D eigenvalue weighted by atomic mass is 16.5. The predicted octanol–water partition coefficient (Wildman–Crippen LogP) is 2.09. The Hall–Kier alpha value is -1.32. The highest BCUT2D eigenvalue weighted by Crippen LogP contribution is 2.28. The van der Waals surface area contributed by atoms with Crippen molar-refractivity contribution in [2.75, 3.05) is 6.61 Å². The number of fused-ring (bicyclic) bond motifs is 1. The van der Waals surface area contributed by atoms with Crippen molar-refractivity contribution in [2.45, 2.75) is 26.3 Å². The lowest BCUT2D eigenvalue weighted by Crippen LogP contribution is -2.26. The van der Waals surface area contributed by atoms with E-state index in [0.29, 0.717) is 0 Å². The third-order valence-corrected chi connectivity index (χ3v) is 2.75. The first kappa shape index (κ1) is 11.2. The van der Waals surface area contributed by atoms with Gasteiger partial charge >= 0.3 is 0 Å². The summed E-state index contributed by atoms with van der Waals surface area (Å²) in [5, 5.41) is 0. The summed E-state index contributed by atoms with van der Waals surface area (Å²) in [6.45, 7) is 4.93. The average Bonchev–Trinajstić information content (AvgIpc) is 2.72. The van der Waals surface area contributed by atoms with Crippen LogP contribution in [-0.4, -0.2) is 6.61 Å². The topological polar surface area (TPSA) is 47.3 Å². The molecule has 3 heteroatoms. The molecule has 3 nitrogen and oxygen atoms in total. The molecule has 0 aromatic heterocycles. The van der Waals surface area contributed by atoms with E-state index in [9.17, 15) is 0 Å². The van der Waals surface area contributed by atoms with Gasteiger partial charge in [-0.25, -0.2) is 5.43 Å². The number of rotatable bonds is 3. The lowest BCUT2D eigenvalue weighted by molar-refractivity contribution is 0.357. The number of hydrogen-bond donors (Lipinski definition) is 2. The van der Waals surface area contributed by atoms with Gasteiger partial charge in [-0.2, -0.15) is 0 Å². The Labute approximate surface area is 96.3 Å². The number of ether oxygens (including phenoxy) is 1. The smallest absolute Gasteiger partial charge is 0.122 e. The van der Waals surface area contributed by atoms with Crippen molar-refractivity contribution >= 4 is 0 Å². The fraction of sp³-hybridized carbons (Fsp3) is 0.385. The molecule has 1 aliphatic rings. The molecule has 1 aromatic carbocycles. The van der Waals surface area contributed by atoms with Crippen LogP contribution in [0.4, 0.5) is 0 Å². The molecule has 3 N–H and O–H groups in total. The van der Waals surface area contributed by atoms with E-state index in [1.165, 1.54) is 16.7 Å². The normalized spacial score (nSPS) is 15.2. The van der Waals surface area contributed by atoms with Crippen LogP contribution in [0.25, 0.3) is 0 Å². The monoisotopic (exact) mass is 218 g/mol. The van der Waals surface area contributed by atoms with Gasteiger partial charge in [0, 0.05) is 6.42 Å². The minimum Gasteiger partial charge on any atom is -0.493 e. The number of benzene rings is 1. The van der Waals surface area contributed by atoms with Crippen molar-refractivity contribution in [1.82, 2.24) is 5.43 Å². The first-order chi connectivity index (χ1) is 7.70. The molecule has 1 atom stereocenters. The van der Waals surface area contributed by atoms with Crippen molar-refractivity contribution in [3.8, 4) is 5.75 Å². The van der Waals surface area contributed by atoms with Gasteiger partial charge in [0.15, 0.2) is 0 Å². The van der Waals surface area contributed by atoms with Gasteiger partial charge in [-0.3, -0.25) is 5.84 Å². The summed E-state index contributed by atoms with van der Waals surface area (Å²) in [6.07, 6.45) is 3.12.